The molecule has 23 heavy (non-hydrogen) atoms. The van der Waals surface area contributed by atoms with E-state index < -0.39 is 68.3 Å². The summed E-state index contributed by atoms with van der Waals surface area (Å²) in [4.78, 5) is 11.0. The van der Waals surface area contributed by atoms with Crippen molar-refractivity contribution in [3.05, 3.63) is 0 Å². The molecule has 9 atom stereocenters. The van der Waals surface area contributed by atoms with E-state index in [1.807, 2.05) is 0 Å². The Morgan fingerprint density at radius 1 is 1.00 bits per heavy atom. The van der Waals surface area contributed by atoms with E-state index in [0.29, 0.717) is 0 Å². The monoisotopic (exact) mass is 342 g/mol. The van der Waals surface area contributed by atoms with Gasteiger partial charge < -0.3 is 55.1 Å². The van der Waals surface area contributed by atoms with Gasteiger partial charge in [0.05, 0.1) is 13.2 Å². The van der Waals surface area contributed by atoms with Crippen LogP contribution in [-0.2, 0) is 14.3 Å². The van der Waals surface area contributed by atoms with Crippen LogP contribution in [0, 0.1) is 0 Å². The molecular weight excluding hydrogens is 320 g/mol. The predicted molar refractivity (Wildman–Crippen MR) is 69.8 cm³/mol. The lowest BCUT2D eigenvalue weighted by atomic mass is 9.99. The molecule has 1 rings (SSSR count). The number of hydrogen-bond acceptors (Lipinski definition) is 11. The first-order valence-corrected chi connectivity index (χ1v) is 6.84. The summed E-state index contributed by atoms with van der Waals surface area (Å²) in [6.07, 6.45) is -15.5. The summed E-state index contributed by atoms with van der Waals surface area (Å²) in [6, 6.07) is 0. The van der Waals surface area contributed by atoms with Crippen LogP contribution in [0.1, 0.15) is 0 Å². The number of aldehydes is 1. The maximum absolute atomic E-state index is 11.0. The first-order valence-electron chi connectivity index (χ1n) is 6.84. The third-order valence-electron chi connectivity index (χ3n) is 3.54. The standard InChI is InChI=1S/C12H22O11/c13-1-4(16)7(17)8(18)5(2-14)22-12-11(21)10(20)9(19)6(3-15)23-12/h2,4-13,15-21H,1,3H2/t4-,5+,6-,7-,8-,9+,10+,11-,12-/m1/s1. The molecule has 0 amide bonds. The quantitative estimate of drug-likeness (QED) is 0.196. The van der Waals surface area contributed by atoms with Gasteiger partial charge in [-0.1, -0.05) is 0 Å². The molecule has 11 heteroatoms. The van der Waals surface area contributed by atoms with E-state index >= 15 is 0 Å². The summed E-state index contributed by atoms with van der Waals surface area (Å²) in [5.74, 6) is 0. The van der Waals surface area contributed by atoms with Crippen molar-refractivity contribution in [1.82, 2.24) is 0 Å². The van der Waals surface area contributed by atoms with Crippen molar-refractivity contribution in [2.24, 2.45) is 0 Å². The van der Waals surface area contributed by atoms with Crippen molar-refractivity contribution in [3.63, 3.8) is 0 Å². The number of rotatable bonds is 8. The van der Waals surface area contributed by atoms with Crippen LogP contribution in [0.15, 0.2) is 0 Å². The van der Waals surface area contributed by atoms with Gasteiger partial charge in [0.15, 0.2) is 12.6 Å². The molecule has 0 bridgehead atoms. The molecule has 11 nitrogen and oxygen atoms in total. The molecule has 0 radical (unpaired) electrons. The van der Waals surface area contributed by atoms with Crippen molar-refractivity contribution >= 4 is 6.29 Å². The normalized spacial score (nSPS) is 37.0. The molecule has 1 heterocycles. The van der Waals surface area contributed by atoms with Crippen molar-refractivity contribution in [3.8, 4) is 0 Å². The number of carbonyl (C=O) groups is 1. The maximum atomic E-state index is 11.0. The zero-order valence-corrected chi connectivity index (χ0v) is 12.0. The van der Waals surface area contributed by atoms with Gasteiger partial charge in [-0.15, -0.1) is 0 Å². The molecule has 0 aliphatic carbocycles. The average molecular weight is 342 g/mol. The summed E-state index contributed by atoms with van der Waals surface area (Å²) in [5, 5.41) is 75.2. The molecule has 0 aromatic heterocycles. The van der Waals surface area contributed by atoms with Crippen LogP contribution >= 0.6 is 0 Å². The van der Waals surface area contributed by atoms with Gasteiger partial charge in [-0.05, 0) is 0 Å². The molecule has 1 saturated heterocycles. The molecule has 0 saturated carbocycles. The van der Waals surface area contributed by atoms with Gasteiger partial charge in [0.2, 0.25) is 0 Å². The minimum atomic E-state index is -1.97. The summed E-state index contributed by atoms with van der Waals surface area (Å²) in [7, 11) is 0. The van der Waals surface area contributed by atoms with Gasteiger partial charge in [0.25, 0.3) is 0 Å². The highest BCUT2D eigenvalue weighted by Crippen LogP contribution is 2.23. The zero-order valence-electron chi connectivity index (χ0n) is 12.0. The fourth-order valence-electron chi connectivity index (χ4n) is 2.06. The first-order chi connectivity index (χ1) is 10.8. The van der Waals surface area contributed by atoms with E-state index in [2.05, 4.69) is 0 Å². The molecule has 0 aromatic rings. The van der Waals surface area contributed by atoms with Crippen LogP contribution in [-0.4, -0.2) is 115 Å². The Morgan fingerprint density at radius 3 is 2.09 bits per heavy atom. The van der Waals surface area contributed by atoms with Crippen LogP contribution in [0.2, 0.25) is 0 Å². The van der Waals surface area contributed by atoms with Crippen molar-refractivity contribution in [2.75, 3.05) is 13.2 Å². The Hall–Kier alpha value is -0.730. The van der Waals surface area contributed by atoms with Gasteiger partial charge >= 0.3 is 0 Å². The molecule has 8 N–H and O–H groups in total. The lowest BCUT2D eigenvalue weighted by Crippen LogP contribution is -2.60. The lowest BCUT2D eigenvalue weighted by Gasteiger charge is -2.41. The molecule has 1 aliphatic rings. The Bertz CT molecular complexity index is 365. The fraction of sp³-hybridized carbons (Fsp3) is 0.917. The first kappa shape index (κ1) is 20.3. The lowest BCUT2D eigenvalue weighted by molar-refractivity contribution is -0.315. The molecule has 136 valence electrons. The van der Waals surface area contributed by atoms with E-state index in [-0.39, 0.29) is 6.29 Å². The van der Waals surface area contributed by atoms with Crippen LogP contribution < -0.4 is 0 Å². The topological polar surface area (TPSA) is 197 Å². The number of carbonyl (C=O) groups excluding carboxylic acids is 1. The number of ether oxygens (including phenoxy) is 2. The second-order valence-corrected chi connectivity index (χ2v) is 5.17. The average Bonchev–Trinajstić information content (AvgIpc) is 2.57. The van der Waals surface area contributed by atoms with E-state index in [0.717, 1.165) is 0 Å². The summed E-state index contributed by atoms with van der Waals surface area (Å²) in [5.41, 5.74) is 0. The third kappa shape index (κ3) is 4.64. The van der Waals surface area contributed by atoms with Gasteiger partial charge in [-0.2, -0.15) is 0 Å². The van der Waals surface area contributed by atoms with Crippen LogP contribution in [0.5, 0.6) is 0 Å². The van der Waals surface area contributed by atoms with Crippen molar-refractivity contribution in [1.29, 1.82) is 0 Å². The molecule has 0 aromatic carbocycles. The van der Waals surface area contributed by atoms with Crippen LogP contribution in [0.3, 0.4) is 0 Å². The smallest absolute Gasteiger partial charge is 0.187 e. The highest BCUT2D eigenvalue weighted by molar-refractivity contribution is 5.57. The van der Waals surface area contributed by atoms with Gasteiger partial charge in [-0.3, -0.25) is 0 Å². The van der Waals surface area contributed by atoms with E-state index in [4.69, 9.17) is 19.7 Å². The van der Waals surface area contributed by atoms with Crippen molar-refractivity contribution in [2.45, 2.75) is 55.1 Å². The van der Waals surface area contributed by atoms with Gasteiger partial charge in [-0.25, -0.2) is 0 Å². The van der Waals surface area contributed by atoms with E-state index in [9.17, 15) is 35.4 Å². The maximum Gasteiger partial charge on any atom is 0.187 e. The number of aliphatic hydroxyl groups excluding tert-OH is 8. The number of aliphatic hydroxyl groups is 8. The molecule has 0 spiro atoms. The van der Waals surface area contributed by atoms with Gasteiger partial charge in [0.1, 0.15) is 48.8 Å². The molecule has 1 fully saturated rings. The summed E-state index contributed by atoms with van der Waals surface area (Å²) < 4.78 is 9.94. The Kier molecular flexibility index (Phi) is 7.89. The summed E-state index contributed by atoms with van der Waals surface area (Å²) >= 11 is 0. The van der Waals surface area contributed by atoms with Crippen LogP contribution in [0.25, 0.3) is 0 Å². The minimum Gasteiger partial charge on any atom is -0.394 e. The molecular formula is C12H22O11. The van der Waals surface area contributed by atoms with Crippen molar-refractivity contribution < 1.29 is 55.1 Å². The van der Waals surface area contributed by atoms with E-state index in [1.54, 1.807) is 0 Å². The Morgan fingerprint density at radius 2 is 1.61 bits per heavy atom. The highest BCUT2D eigenvalue weighted by Gasteiger charge is 2.46. The Balaban J connectivity index is 2.79. The predicted octanol–water partition coefficient (Wildman–Crippen LogP) is -5.55. The second-order valence-electron chi connectivity index (χ2n) is 5.17. The third-order valence-corrected chi connectivity index (χ3v) is 3.54. The SMILES string of the molecule is O=C[C@H](O[C@@H]1O[C@H](CO)[C@H](O)[C@H](O)[C@H]1O)[C@@H](O)[C@H](O)[C@H](O)CO. The van der Waals surface area contributed by atoms with E-state index in [1.165, 1.54) is 0 Å². The van der Waals surface area contributed by atoms with Crippen LogP contribution in [0.4, 0.5) is 0 Å². The highest BCUT2D eigenvalue weighted by atomic mass is 16.7. The zero-order chi connectivity index (χ0) is 17.7. The fourth-order valence-corrected chi connectivity index (χ4v) is 2.06. The minimum absolute atomic E-state index is 0.0550. The van der Waals surface area contributed by atoms with Gasteiger partial charge in [0, 0.05) is 0 Å². The summed E-state index contributed by atoms with van der Waals surface area (Å²) in [6.45, 7) is -1.60. The molecule has 1 aliphatic heterocycles. The largest absolute Gasteiger partial charge is 0.394 e. The Labute approximate surface area is 130 Å². The molecule has 0 unspecified atom stereocenters. The second kappa shape index (κ2) is 8.94. The number of hydrogen-bond donors (Lipinski definition) is 8.